The minimum absolute atomic E-state index is 0.195. The van der Waals surface area contributed by atoms with Gasteiger partial charge in [-0.2, -0.15) is 0 Å². The summed E-state index contributed by atoms with van der Waals surface area (Å²) in [6.45, 7) is 3.30. The second-order valence-corrected chi connectivity index (χ2v) is 3.20. The molecule has 14 heavy (non-hydrogen) atoms. The monoisotopic (exact) mass is 198 g/mol. The highest BCUT2D eigenvalue weighted by atomic mass is 16.5. The Kier molecular flexibility index (Phi) is 2.90. The molecule has 1 fully saturated rings. The number of hydrogen-bond donors (Lipinski definition) is 2. The predicted octanol–water partition coefficient (Wildman–Crippen LogP) is -1.39. The van der Waals surface area contributed by atoms with Gasteiger partial charge in [-0.1, -0.05) is 5.10 Å². The van der Waals surface area contributed by atoms with Crippen molar-refractivity contribution in [1.29, 1.82) is 0 Å². The number of rotatable bonds is 3. The molecule has 1 aromatic heterocycles. The van der Waals surface area contributed by atoms with Crippen LogP contribution in [0.15, 0.2) is 0 Å². The van der Waals surface area contributed by atoms with Crippen LogP contribution >= 0.6 is 0 Å². The largest absolute Gasteiger partial charge is 0.374 e. The molecule has 1 aromatic rings. The van der Waals surface area contributed by atoms with Crippen LogP contribution < -0.4 is 10.6 Å². The lowest BCUT2D eigenvalue weighted by Crippen LogP contribution is -2.42. The smallest absolute Gasteiger partial charge is 0.242 e. The SMILES string of the molecule is Cn1nnnc1NCC1CNCCO1. The van der Waals surface area contributed by atoms with Crippen LogP contribution in [0.5, 0.6) is 0 Å². The van der Waals surface area contributed by atoms with Crippen LogP contribution in [0.25, 0.3) is 0 Å². The quantitative estimate of drug-likeness (QED) is 0.622. The van der Waals surface area contributed by atoms with Gasteiger partial charge in [0.25, 0.3) is 0 Å². The molecule has 0 aliphatic carbocycles. The zero-order valence-electron chi connectivity index (χ0n) is 8.10. The van der Waals surface area contributed by atoms with Gasteiger partial charge >= 0.3 is 0 Å². The van der Waals surface area contributed by atoms with E-state index in [2.05, 4.69) is 26.2 Å². The fourth-order valence-electron chi connectivity index (χ4n) is 1.34. The first-order valence-electron chi connectivity index (χ1n) is 4.65. The molecule has 1 saturated heterocycles. The summed E-state index contributed by atoms with van der Waals surface area (Å²) in [7, 11) is 1.79. The summed E-state index contributed by atoms with van der Waals surface area (Å²) < 4.78 is 7.11. The average Bonchev–Trinajstić information content (AvgIpc) is 2.63. The van der Waals surface area contributed by atoms with E-state index in [1.165, 1.54) is 0 Å². The van der Waals surface area contributed by atoms with E-state index >= 15 is 0 Å². The molecule has 2 heterocycles. The second-order valence-electron chi connectivity index (χ2n) is 3.20. The number of hydrogen-bond acceptors (Lipinski definition) is 6. The van der Waals surface area contributed by atoms with Gasteiger partial charge in [0.1, 0.15) is 0 Å². The Morgan fingerprint density at radius 1 is 1.71 bits per heavy atom. The molecular formula is C7H14N6O. The Morgan fingerprint density at radius 3 is 3.29 bits per heavy atom. The van der Waals surface area contributed by atoms with Crippen LogP contribution in [0, 0.1) is 0 Å². The molecule has 0 spiro atoms. The van der Waals surface area contributed by atoms with Gasteiger partial charge in [0.05, 0.1) is 12.7 Å². The molecule has 1 unspecified atom stereocenters. The standard InChI is InChI=1S/C7H14N6O/c1-13-7(10-11-12-13)9-5-6-4-8-2-3-14-6/h6,8H,2-5H2,1H3,(H,9,10,12). The first-order valence-corrected chi connectivity index (χ1v) is 4.65. The fraction of sp³-hybridized carbons (Fsp3) is 0.857. The Morgan fingerprint density at radius 2 is 2.64 bits per heavy atom. The van der Waals surface area contributed by atoms with Crippen LogP contribution in [0.2, 0.25) is 0 Å². The molecule has 78 valence electrons. The number of aromatic nitrogens is 4. The van der Waals surface area contributed by atoms with Crippen molar-refractivity contribution in [1.82, 2.24) is 25.5 Å². The number of nitrogens with one attached hydrogen (secondary N) is 2. The van der Waals surface area contributed by atoms with Gasteiger partial charge < -0.3 is 15.4 Å². The van der Waals surface area contributed by atoms with Crippen molar-refractivity contribution in [3.63, 3.8) is 0 Å². The van der Waals surface area contributed by atoms with Crippen LogP contribution in [0.1, 0.15) is 0 Å². The molecule has 0 radical (unpaired) electrons. The van der Waals surface area contributed by atoms with E-state index in [4.69, 9.17) is 4.74 Å². The number of aryl methyl sites for hydroxylation is 1. The third-order valence-corrected chi connectivity index (χ3v) is 2.11. The Hall–Kier alpha value is -1.21. The van der Waals surface area contributed by atoms with Crippen molar-refractivity contribution >= 4 is 5.95 Å². The summed E-state index contributed by atoms with van der Waals surface area (Å²) in [5.74, 6) is 0.666. The van der Waals surface area contributed by atoms with Gasteiger partial charge in [-0.05, 0) is 10.4 Å². The lowest BCUT2D eigenvalue weighted by Gasteiger charge is -2.23. The van der Waals surface area contributed by atoms with E-state index in [0.29, 0.717) is 5.95 Å². The molecule has 0 saturated carbocycles. The first-order chi connectivity index (χ1) is 6.86. The fourth-order valence-corrected chi connectivity index (χ4v) is 1.34. The molecule has 1 aliphatic rings. The summed E-state index contributed by atoms with van der Waals surface area (Å²) in [6, 6.07) is 0. The van der Waals surface area contributed by atoms with Gasteiger partial charge in [0.2, 0.25) is 5.95 Å². The minimum atomic E-state index is 0.195. The van der Waals surface area contributed by atoms with Crippen LogP contribution in [-0.2, 0) is 11.8 Å². The molecule has 1 atom stereocenters. The van der Waals surface area contributed by atoms with E-state index in [0.717, 1.165) is 26.2 Å². The highest BCUT2D eigenvalue weighted by Gasteiger charge is 2.13. The van der Waals surface area contributed by atoms with Crippen LogP contribution in [0.4, 0.5) is 5.95 Å². The third kappa shape index (κ3) is 2.18. The summed E-state index contributed by atoms with van der Waals surface area (Å²) >= 11 is 0. The Balaban J connectivity index is 1.79. The van der Waals surface area contributed by atoms with Gasteiger partial charge in [0, 0.05) is 26.7 Å². The van der Waals surface area contributed by atoms with Gasteiger partial charge in [-0.3, -0.25) is 0 Å². The molecule has 2 rings (SSSR count). The molecular weight excluding hydrogens is 184 g/mol. The summed E-state index contributed by atoms with van der Waals surface area (Å²) in [5, 5.41) is 17.4. The molecule has 7 heteroatoms. The lowest BCUT2D eigenvalue weighted by atomic mass is 10.3. The number of ether oxygens (including phenoxy) is 1. The maximum Gasteiger partial charge on any atom is 0.242 e. The van der Waals surface area contributed by atoms with Gasteiger partial charge in [-0.15, -0.1) is 0 Å². The zero-order chi connectivity index (χ0) is 9.80. The molecule has 2 N–H and O–H groups in total. The van der Waals surface area contributed by atoms with Crippen molar-refractivity contribution in [2.24, 2.45) is 7.05 Å². The van der Waals surface area contributed by atoms with Gasteiger partial charge in [-0.25, -0.2) is 4.68 Å². The number of tetrazole rings is 1. The summed E-state index contributed by atoms with van der Waals surface area (Å²) in [4.78, 5) is 0. The van der Waals surface area contributed by atoms with E-state index < -0.39 is 0 Å². The topological polar surface area (TPSA) is 76.9 Å². The van der Waals surface area contributed by atoms with Crippen molar-refractivity contribution in [3.05, 3.63) is 0 Å². The van der Waals surface area contributed by atoms with Crippen molar-refractivity contribution in [3.8, 4) is 0 Å². The molecule has 0 amide bonds. The number of anilines is 1. The first kappa shape index (κ1) is 9.35. The normalized spacial score (nSPS) is 22.2. The second kappa shape index (κ2) is 4.34. The highest BCUT2D eigenvalue weighted by Crippen LogP contribution is 1.99. The third-order valence-electron chi connectivity index (χ3n) is 2.11. The molecule has 1 aliphatic heterocycles. The summed E-state index contributed by atoms with van der Waals surface area (Å²) in [6.07, 6.45) is 0.195. The predicted molar refractivity (Wildman–Crippen MR) is 49.9 cm³/mol. The van der Waals surface area contributed by atoms with E-state index in [1.54, 1.807) is 11.7 Å². The maximum atomic E-state index is 5.51. The van der Waals surface area contributed by atoms with Crippen molar-refractivity contribution in [2.75, 3.05) is 31.6 Å². The van der Waals surface area contributed by atoms with Crippen LogP contribution in [0.3, 0.4) is 0 Å². The zero-order valence-corrected chi connectivity index (χ0v) is 8.10. The average molecular weight is 198 g/mol. The Bertz CT molecular complexity index is 281. The maximum absolute atomic E-state index is 5.51. The number of morpholine rings is 1. The number of nitrogens with zero attached hydrogens (tertiary/aromatic N) is 4. The summed E-state index contributed by atoms with van der Waals surface area (Å²) in [5.41, 5.74) is 0. The highest BCUT2D eigenvalue weighted by molar-refractivity contribution is 5.21. The molecule has 0 aromatic carbocycles. The minimum Gasteiger partial charge on any atom is -0.374 e. The van der Waals surface area contributed by atoms with Gasteiger partial charge in [0.15, 0.2) is 0 Å². The van der Waals surface area contributed by atoms with Crippen molar-refractivity contribution in [2.45, 2.75) is 6.10 Å². The lowest BCUT2D eigenvalue weighted by molar-refractivity contribution is 0.0371. The van der Waals surface area contributed by atoms with E-state index in [1.807, 2.05) is 0 Å². The Labute approximate surface area is 81.8 Å². The molecule has 7 nitrogen and oxygen atoms in total. The van der Waals surface area contributed by atoms with E-state index in [-0.39, 0.29) is 6.10 Å². The van der Waals surface area contributed by atoms with Crippen molar-refractivity contribution < 1.29 is 4.74 Å². The molecule has 0 bridgehead atoms. The van der Waals surface area contributed by atoms with Crippen LogP contribution in [-0.4, -0.2) is 52.6 Å². The van der Waals surface area contributed by atoms with E-state index in [9.17, 15) is 0 Å².